The van der Waals surface area contributed by atoms with Gasteiger partial charge in [0, 0.05) is 37.1 Å². The number of hydrogen-bond donors (Lipinski definition) is 1. The summed E-state index contributed by atoms with van der Waals surface area (Å²) >= 11 is 12.2. The Bertz CT molecular complexity index is 923. The van der Waals surface area contributed by atoms with E-state index in [1.165, 1.54) is 5.56 Å². The topological polar surface area (TPSA) is 60.0 Å². The van der Waals surface area contributed by atoms with E-state index in [4.69, 9.17) is 34.0 Å². The van der Waals surface area contributed by atoms with Crippen molar-refractivity contribution in [3.63, 3.8) is 0 Å². The molecule has 1 fully saturated rings. The molecule has 0 saturated carbocycles. The third-order valence-electron chi connectivity index (χ3n) is 4.93. The zero-order valence-electron chi connectivity index (χ0n) is 14.4. The molecule has 2 N–H and O–H groups in total. The molecule has 7 heteroatoms. The molecule has 136 valence electrons. The predicted molar refractivity (Wildman–Crippen MR) is 106 cm³/mol. The van der Waals surface area contributed by atoms with Gasteiger partial charge in [-0.2, -0.15) is 5.10 Å². The monoisotopic (exact) mass is 389 g/mol. The molecule has 5 nitrogen and oxygen atoms in total. The van der Waals surface area contributed by atoms with E-state index < -0.39 is 0 Å². The Kier molecular flexibility index (Phi) is 5.14. The van der Waals surface area contributed by atoms with Crippen molar-refractivity contribution in [1.82, 2.24) is 19.7 Å². The molecule has 3 aromatic rings. The SMILES string of the molecule is NCCn1nc([C@H]2CCN(Cc3ccc(Cl)c(Cl)c3)C2)c2cccnc21. The molecule has 26 heavy (non-hydrogen) atoms. The van der Waals surface area contributed by atoms with Gasteiger partial charge in [-0.1, -0.05) is 29.3 Å². The van der Waals surface area contributed by atoms with Crippen LogP contribution in [0, 0.1) is 0 Å². The molecule has 1 aliphatic rings. The zero-order chi connectivity index (χ0) is 18.1. The van der Waals surface area contributed by atoms with Crippen molar-refractivity contribution in [3.8, 4) is 0 Å². The van der Waals surface area contributed by atoms with E-state index in [1.54, 1.807) is 0 Å². The molecule has 1 atom stereocenters. The molecule has 0 aliphatic carbocycles. The minimum absolute atomic E-state index is 0.406. The lowest BCUT2D eigenvalue weighted by atomic mass is 10.0. The predicted octanol–water partition coefficient (Wildman–Crippen LogP) is 3.69. The second-order valence-corrected chi connectivity index (χ2v) is 7.56. The Morgan fingerprint density at radius 1 is 1.19 bits per heavy atom. The van der Waals surface area contributed by atoms with Crippen LogP contribution in [-0.2, 0) is 13.1 Å². The molecule has 3 heterocycles. The fourth-order valence-corrected chi connectivity index (χ4v) is 4.03. The number of pyridine rings is 1. The molecule has 0 amide bonds. The third kappa shape index (κ3) is 3.45. The summed E-state index contributed by atoms with van der Waals surface area (Å²) in [5, 5.41) is 7.18. The second-order valence-electron chi connectivity index (χ2n) is 6.74. The highest BCUT2D eigenvalue weighted by Gasteiger charge is 2.28. The first-order chi connectivity index (χ1) is 12.7. The summed E-state index contributed by atoms with van der Waals surface area (Å²) in [6.07, 6.45) is 2.90. The molecule has 2 aromatic heterocycles. The van der Waals surface area contributed by atoms with Gasteiger partial charge in [0.2, 0.25) is 0 Å². The number of benzene rings is 1. The van der Waals surface area contributed by atoms with Crippen LogP contribution in [0.25, 0.3) is 11.0 Å². The lowest BCUT2D eigenvalue weighted by molar-refractivity contribution is 0.326. The van der Waals surface area contributed by atoms with E-state index >= 15 is 0 Å². The first-order valence-corrected chi connectivity index (χ1v) is 9.59. The number of nitrogens with two attached hydrogens (primary N) is 1. The van der Waals surface area contributed by atoms with Crippen LogP contribution >= 0.6 is 23.2 Å². The summed E-state index contributed by atoms with van der Waals surface area (Å²) in [5.41, 5.74) is 8.97. The molecule has 0 bridgehead atoms. The van der Waals surface area contributed by atoms with Crippen LogP contribution < -0.4 is 5.73 Å². The van der Waals surface area contributed by atoms with Gasteiger partial charge in [-0.15, -0.1) is 0 Å². The number of nitrogens with zero attached hydrogens (tertiary/aromatic N) is 4. The summed E-state index contributed by atoms with van der Waals surface area (Å²) in [4.78, 5) is 6.94. The first kappa shape index (κ1) is 17.7. The molecule has 0 radical (unpaired) electrons. The molecule has 0 spiro atoms. The van der Waals surface area contributed by atoms with Gasteiger partial charge in [-0.25, -0.2) is 9.67 Å². The fourth-order valence-electron chi connectivity index (χ4n) is 3.71. The normalized spacial score (nSPS) is 18.0. The summed E-state index contributed by atoms with van der Waals surface area (Å²) in [7, 11) is 0. The largest absolute Gasteiger partial charge is 0.329 e. The van der Waals surface area contributed by atoms with Gasteiger partial charge >= 0.3 is 0 Å². The third-order valence-corrected chi connectivity index (χ3v) is 5.66. The average Bonchev–Trinajstić information content (AvgIpc) is 3.24. The Morgan fingerprint density at radius 3 is 2.88 bits per heavy atom. The molecule has 0 unspecified atom stereocenters. The van der Waals surface area contributed by atoms with Crippen LogP contribution in [0.2, 0.25) is 10.0 Å². The molecule has 1 aromatic carbocycles. The minimum Gasteiger partial charge on any atom is -0.329 e. The maximum absolute atomic E-state index is 6.14. The highest BCUT2D eigenvalue weighted by molar-refractivity contribution is 6.42. The lowest BCUT2D eigenvalue weighted by Crippen LogP contribution is -2.20. The van der Waals surface area contributed by atoms with Crippen molar-refractivity contribution in [2.24, 2.45) is 5.73 Å². The van der Waals surface area contributed by atoms with Crippen LogP contribution in [0.4, 0.5) is 0 Å². The van der Waals surface area contributed by atoms with E-state index in [0.717, 1.165) is 42.8 Å². The Balaban J connectivity index is 1.53. The van der Waals surface area contributed by atoms with Gasteiger partial charge in [0.05, 0.1) is 22.3 Å². The van der Waals surface area contributed by atoms with Gasteiger partial charge < -0.3 is 5.73 Å². The highest BCUT2D eigenvalue weighted by atomic mass is 35.5. The van der Waals surface area contributed by atoms with E-state index in [2.05, 4.69) is 16.0 Å². The van der Waals surface area contributed by atoms with E-state index in [9.17, 15) is 0 Å². The minimum atomic E-state index is 0.406. The quantitative estimate of drug-likeness (QED) is 0.722. The first-order valence-electron chi connectivity index (χ1n) is 8.83. The van der Waals surface area contributed by atoms with Crippen LogP contribution in [-0.4, -0.2) is 39.3 Å². The number of likely N-dealkylation sites (tertiary alicyclic amines) is 1. The number of fused-ring (bicyclic) bond motifs is 1. The highest BCUT2D eigenvalue weighted by Crippen LogP contribution is 2.32. The Labute approximate surface area is 162 Å². The van der Waals surface area contributed by atoms with Crippen molar-refractivity contribution in [3.05, 3.63) is 57.8 Å². The Morgan fingerprint density at radius 2 is 2.08 bits per heavy atom. The molecule has 4 rings (SSSR count). The fraction of sp³-hybridized carbons (Fsp3) is 0.368. The number of rotatable bonds is 5. The van der Waals surface area contributed by atoms with Crippen LogP contribution in [0.1, 0.15) is 23.6 Å². The summed E-state index contributed by atoms with van der Waals surface area (Å²) in [6, 6.07) is 9.94. The Hall–Kier alpha value is -1.66. The molecule has 1 aliphatic heterocycles. The molecular weight excluding hydrogens is 369 g/mol. The van der Waals surface area contributed by atoms with Crippen molar-refractivity contribution in [2.75, 3.05) is 19.6 Å². The average molecular weight is 390 g/mol. The smallest absolute Gasteiger partial charge is 0.158 e. The van der Waals surface area contributed by atoms with Gasteiger partial charge in [0.25, 0.3) is 0 Å². The second kappa shape index (κ2) is 7.53. The van der Waals surface area contributed by atoms with Crippen molar-refractivity contribution < 1.29 is 0 Å². The summed E-state index contributed by atoms with van der Waals surface area (Å²) in [5.74, 6) is 0.406. The maximum Gasteiger partial charge on any atom is 0.158 e. The van der Waals surface area contributed by atoms with Crippen molar-refractivity contribution >= 4 is 34.2 Å². The van der Waals surface area contributed by atoms with Gasteiger partial charge in [-0.3, -0.25) is 4.90 Å². The summed E-state index contributed by atoms with van der Waals surface area (Å²) < 4.78 is 1.94. The number of aromatic nitrogens is 3. The van der Waals surface area contributed by atoms with Crippen molar-refractivity contribution in [1.29, 1.82) is 0 Å². The van der Waals surface area contributed by atoms with Gasteiger partial charge in [-0.05, 0) is 42.8 Å². The van der Waals surface area contributed by atoms with E-state index in [1.807, 2.05) is 35.1 Å². The lowest BCUT2D eigenvalue weighted by Gasteiger charge is -2.16. The van der Waals surface area contributed by atoms with Crippen molar-refractivity contribution in [2.45, 2.75) is 25.4 Å². The standard InChI is InChI=1S/C19H21Cl2N5/c20-16-4-3-13(10-17(16)21)11-25-8-5-14(12-25)18-15-2-1-7-23-19(15)26(24-18)9-6-22/h1-4,7,10,14H,5-6,8-9,11-12,22H2/t14-/m0/s1. The maximum atomic E-state index is 6.14. The van der Waals surface area contributed by atoms with Gasteiger partial charge in [0.15, 0.2) is 5.65 Å². The zero-order valence-corrected chi connectivity index (χ0v) is 15.9. The van der Waals surface area contributed by atoms with E-state index in [0.29, 0.717) is 29.1 Å². The van der Waals surface area contributed by atoms with E-state index in [-0.39, 0.29) is 0 Å². The number of halogens is 2. The molecule has 1 saturated heterocycles. The summed E-state index contributed by atoms with van der Waals surface area (Å²) in [6.45, 7) is 4.13. The van der Waals surface area contributed by atoms with Crippen LogP contribution in [0.15, 0.2) is 36.5 Å². The van der Waals surface area contributed by atoms with Gasteiger partial charge in [0.1, 0.15) is 0 Å². The number of hydrogen-bond acceptors (Lipinski definition) is 4. The van der Waals surface area contributed by atoms with Crippen LogP contribution in [0.3, 0.4) is 0 Å². The van der Waals surface area contributed by atoms with Crippen LogP contribution in [0.5, 0.6) is 0 Å². The molecular formula is C19H21Cl2N5.